The van der Waals surface area contributed by atoms with Crippen LogP contribution in [0.3, 0.4) is 0 Å². The Balaban J connectivity index is 1.43. The molecule has 4 heteroatoms. The minimum absolute atomic E-state index is 0.612. The van der Waals surface area contributed by atoms with Crippen LogP contribution >= 0.6 is 0 Å². The predicted molar refractivity (Wildman–Crippen MR) is 121 cm³/mol. The average molecular weight is 405 g/mol. The first kappa shape index (κ1) is 23.9. The van der Waals surface area contributed by atoms with Crippen LogP contribution in [0.25, 0.3) is 0 Å². The maximum absolute atomic E-state index is 10.5. The van der Waals surface area contributed by atoms with Gasteiger partial charge in [-0.1, -0.05) is 90.4 Å². The minimum atomic E-state index is -0.670. The lowest BCUT2D eigenvalue weighted by molar-refractivity contribution is 0.151. The van der Waals surface area contributed by atoms with Gasteiger partial charge in [-0.3, -0.25) is 0 Å². The van der Waals surface area contributed by atoms with E-state index >= 15 is 0 Å². The number of rotatable bonds is 17. The first-order valence-corrected chi connectivity index (χ1v) is 12.1. The van der Waals surface area contributed by atoms with Crippen LogP contribution in [0, 0.1) is 0 Å². The number of hydrogen-bond donors (Lipinski definition) is 1. The number of furan rings is 1. The van der Waals surface area contributed by atoms with Gasteiger partial charge in [-0.2, -0.15) is 0 Å². The third kappa shape index (κ3) is 9.29. The largest absolute Gasteiger partial charge is 0.466 e. The fourth-order valence-corrected chi connectivity index (χ4v) is 4.20. The van der Waals surface area contributed by atoms with Gasteiger partial charge in [0.1, 0.15) is 5.76 Å². The summed E-state index contributed by atoms with van der Waals surface area (Å²) in [5.41, 5.74) is 0.922. The smallest absolute Gasteiger partial charge is 0.153 e. The average Bonchev–Trinajstić information content (AvgIpc) is 3.38. The van der Waals surface area contributed by atoms with Crippen LogP contribution in [0.2, 0.25) is 0 Å². The molecule has 4 nitrogen and oxygen atoms in total. The molecule has 0 bridgehead atoms. The Hall–Kier alpha value is -1.42. The Bertz CT molecular complexity index is 541. The van der Waals surface area contributed by atoms with Gasteiger partial charge in [0.05, 0.1) is 18.6 Å². The summed E-state index contributed by atoms with van der Waals surface area (Å²) in [4.78, 5) is 4.42. The second-order valence-corrected chi connectivity index (χ2v) is 8.72. The zero-order valence-corrected chi connectivity index (χ0v) is 19.0. The summed E-state index contributed by atoms with van der Waals surface area (Å²) in [5.74, 6) is 0.612. The molecule has 2 heterocycles. The van der Waals surface area contributed by atoms with Crippen LogP contribution in [0.5, 0.6) is 0 Å². The fraction of sp³-hybridized carbons (Fsp3) is 0.760. The van der Waals surface area contributed by atoms with Crippen molar-refractivity contribution < 1.29 is 9.52 Å². The summed E-state index contributed by atoms with van der Waals surface area (Å²) in [5, 5.41) is 10.5. The summed E-state index contributed by atoms with van der Waals surface area (Å²) < 4.78 is 5.34. The lowest BCUT2D eigenvalue weighted by Gasteiger charge is -2.20. The quantitative estimate of drug-likeness (QED) is 0.288. The second kappa shape index (κ2) is 14.5. The molecular weight excluding hydrogens is 360 g/mol. The van der Waals surface area contributed by atoms with Crippen LogP contribution < -0.4 is 0 Å². The molecular formula is C25H44N2O2. The Morgan fingerprint density at radius 2 is 1.45 bits per heavy atom. The highest BCUT2D eigenvalue weighted by Gasteiger charge is 2.25. The number of hydrogen-bond acceptors (Lipinski definition) is 4. The zero-order valence-electron chi connectivity index (χ0n) is 19.0. The lowest BCUT2D eigenvalue weighted by Crippen LogP contribution is -2.25. The Labute approximate surface area is 179 Å². The van der Waals surface area contributed by atoms with Crippen molar-refractivity contribution in [3.63, 3.8) is 0 Å². The van der Waals surface area contributed by atoms with Crippen LogP contribution in [0.1, 0.15) is 109 Å². The predicted octanol–water partition coefficient (Wildman–Crippen LogP) is 6.84. The lowest BCUT2D eigenvalue weighted by atomic mass is 10.0. The molecule has 29 heavy (non-hydrogen) atoms. The molecule has 1 atom stereocenters. The third-order valence-electron chi connectivity index (χ3n) is 6.04. The fourth-order valence-electron chi connectivity index (χ4n) is 4.20. The van der Waals surface area contributed by atoms with E-state index in [4.69, 9.17) is 4.42 Å². The van der Waals surface area contributed by atoms with Crippen LogP contribution in [0.4, 0.5) is 0 Å². The van der Waals surface area contributed by atoms with E-state index < -0.39 is 6.10 Å². The highest BCUT2D eigenvalue weighted by molar-refractivity contribution is 5.19. The van der Waals surface area contributed by atoms with Crippen molar-refractivity contribution in [3.8, 4) is 0 Å². The van der Waals surface area contributed by atoms with Gasteiger partial charge in [0.25, 0.3) is 0 Å². The maximum atomic E-state index is 10.5. The summed E-state index contributed by atoms with van der Waals surface area (Å²) in [7, 11) is 2.03. The van der Waals surface area contributed by atoms with Gasteiger partial charge in [0.15, 0.2) is 6.10 Å². The Morgan fingerprint density at radius 1 is 0.897 bits per heavy atom. The zero-order chi connectivity index (χ0) is 20.7. The van der Waals surface area contributed by atoms with Crippen molar-refractivity contribution in [1.29, 1.82) is 0 Å². The number of aliphatic hydroxyl groups is 1. The molecule has 2 rings (SSSR count). The van der Waals surface area contributed by atoms with Crippen molar-refractivity contribution in [1.82, 2.24) is 9.80 Å². The van der Waals surface area contributed by atoms with Crippen molar-refractivity contribution >= 4 is 0 Å². The molecule has 0 amide bonds. The molecule has 0 radical (unpaired) electrons. The van der Waals surface area contributed by atoms with Gasteiger partial charge in [0.2, 0.25) is 0 Å². The van der Waals surface area contributed by atoms with Crippen LogP contribution in [-0.2, 0) is 0 Å². The van der Waals surface area contributed by atoms with Gasteiger partial charge in [-0.05, 0) is 18.6 Å². The Morgan fingerprint density at radius 3 is 1.97 bits per heavy atom. The van der Waals surface area contributed by atoms with Gasteiger partial charge < -0.3 is 19.3 Å². The van der Waals surface area contributed by atoms with E-state index in [0.29, 0.717) is 5.76 Å². The standard InChI is InChI=1S/C25H44N2O2/c1-3-4-5-6-7-8-9-10-11-12-13-14-15-16-19-27-21-23(26(2)22-27)25(28)24-18-17-20-29-24/h17-18,20-21,25,28H,3-16,19,22H2,1-2H3. The van der Waals surface area contributed by atoms with Crippen LogP contribution in [-0.4, -0.2) is 35.2 Å². The monoisotopic (exact) mass is 404 g/mol. The van der Waals surface area contributed by atoms with Crippen molar-refractivity contribution in [3.05, 3.63) is 36.1 Å². The molecule has 0 spiro atoms. The first-order chi connectivity index (χ1) is 14.2. The molecule has 0 saturated heterocycles. The molecule has 0 fully saturated rings. The molecule has 1 N–H and O–H groups in total. The first-order valence-electron chi connectivity index (χ1n) is 12.1. The van der Waals surface area contributed by atoms with Crippen molar-refractivity contribution in [2.24, 2.45) is 0 Å². The molecule has 1 aromatic rings. The maximum Gasteiger partial charge on any atom is 0.153 e. The van der Waals surface area contributed by atoms with Gasteiger partial charge in [0, 0.05) is 19.8 Å². The van der Waals surface area contributed by atoms with Gasteiger partial charge >= 0.3 is 0 Å². The topological polar surface area (TPSA) is 39.9 Å². The number of unbranched alkanes of at least 4 members (excludes halogenated alkanes) is 13. The summed E-state index contributed by atoms with van der Waals surface area (Å²) in [6, 6.07) is 3.65. The van der Waals surface area contributed by atoms with Gasteiger partial charge in [-0.25, -0.2) is 0 Å². The molecule has 166 valence electrons. The molecule has 1 unspecified atom stereocenters. The van der Waals surface area contributed by atoms with E-state index in [1.54, 1.807) is 6.26 Å². The summed E-state index contributed by atoms with van der Waals surface area (Å²) in [6.07, 6.45) is 22.5. The van der Waals surface area contributed by atoms with Gasteiger partial charge in [-0.15, -0.1) is 0 Å². The van der Waals surface area contributed by atoms with Crippen molar-refractivity contribution in [2.75, 3.05) is 20.3 Å². The van der Waals surface area contributed by atoms with Crippen molar-refractivity contribution in [2.45, 2.75) is 103 Å². The highest BCUT2D eigenvalue weighted by Crippen LogP contribution is 2.28. The minimum Gasteiger partial charge on any atom is -0.466 e. The molecule has 1 aliphatic rings. The SMILES string of the molecule is CCCCCCCCCCCCCCCCN1C=C(C(O)c2ccco2)N(C)C1. The van der Waals surface area contributed by atoms with E-state index in [1.807, 2.05) is 19.2 Å². The number of nitrogens with zero attached hydrogens (tertiary/aromatic N) is 2. The molecule has 0 aromatic carbocycles. The number of aliphatic hydroxyl groups excluding tert-OH is 1. The van der Waals surface area contributed by atoms with Crippen LogP contribution in [0.15, 0.2) is 34.7 Å². The van der Waals surface area contributed by atoms with E-state index in [1.165, 1.54) is 89.9 Å². The third-order valence-corrected chi connectivity index (χ3v) is 6.04. The van der Waals surface area contributed by atoms with E-state index in [-0.39, 0.29) is 0 Å². The highest BCUT2D eigenvalue weighted by atomic mass is 16.4. The van der Waals surface area contributed by atoms with E-state index in [9.17, 15) is 5.11 Å². The molecule has 0 aliphatic carbocycles. The second-order valence-electron chi connectivity index (χ2n) is 8.72. The summed E-state index contributed by atoms with van der Waals surface area (Å²) in [6.45, 7) is 4.20. The number of likely N-dealkylation sites (N-methyl/N-ethyl adjacent to an activating group) is 1. The Kier molecular flexibility index (Phi) is 12.0. The summed E-state index contributed by atoms with van der Waals surface area (Å²) >= 11 is 0. The molecule has 1 aromatic heterocycles. The van der Waals surface area contributed by atoms with E-state index in [0.717, 1.165) is 18.9 Å². The molecule has 1 aliphatic heterocycles. The normalized spacial score (nSPS) is 15.2. The van der Waals surface area contributed by atoms with E-state index in [2.05, 4.69) is 22.9 Å². The molecule has 0 saturated carbocycles.